The zero-order valence-corrected chi connectivity index (χ0v) is 13.1. The number of anilines is 1. The van der Waals surface area contributed by atoms with E-state index in [1.807, 2.05) is 31.2 Å². The molecule has 0 aliphatic carbocycles. The summed E-state index contributed by atoms with van der Waals surface area (Å²) in [5.74, 6) is 0.410. The Balaban J connectivity index is 2.61. The quantitative estimate of drug-likeness (QED) is 0.690. The van der Waals surface area contributed by atoms with E-state index in [9.17, 15) is 9.90 Å². The fraction of sp³-hybridized carbons (Fsp3) is 0.562. The molecule has 3 N–H and O–H groups in total. The van der Waals surface area contributed by atoms with Gasteiger partial charge in [0.05, 0.1) is 19.3 Å². The molecule has 1 rings (SSSR count). The predicted molar refractivity (Wildman–Crippen MR) is 84.3 cm³/mol. The number of para-hydroxylation sites is 1. The third kappa shape index (κ3) is 6.60. The third-order valence-corrected chi connectivity index (χ3v) is 3.04. The second kappa shape index (κ2) is 9.37. The maximum Gasteiger partial charge on any atom is 0.319 e. The van der Waals surface area contributed by atoms with E-state index < -0.39 is 0 Å². The highest BCUT2D eigenvalue weighted by Gasteiger charge is 2.14. The van der Waals surface area contributed by atoms with Crippen molar-refractivity contribution in [3.05, 3.63) is 29.8 Å². The molecule has 0 aromatic heterocycles. The molecule has 5 heteroatoms. The van der Waals surface area contributed by atoms with Crippen molar-refractivity contribution >= 4 is 11.7 Å². The largest absolute Gasteiger partial charge is 0.394 e. The monoisotopic (exact) mass is 294 g/mol. The lowest BCUT2D eigenvalue weighted by molar-refractivity contribution is 0.134. The van der Waals surface area contributed by atoms with Crippen LogP contribution in [0.5, 0.6) is 0 Å². The molecular weight excluding hydrogens is 268 g/mol. The van der Waals surface area contributed by atoms with E-state index >= 15 is 0 Å². The summed E-state index contributed by atoms with van der Waals surface area (Å²) < 4.78 is 5.38. The van der Waals surface area contributed by atoms with Crippen molar-refractivity contribution in [2.75, 3.05) is 18.5 Å². The molecule has 0 saturated heterocycles. The van der Waals surface area contributed by atoms with Crippen LogP contribution in [-0.2, 0) is 11.3 Å². The maximum atomic E-state index is 12.0. The van der Waals surface area contributed by atoms with E-state index in [2.05, 4.69) is 24.5 Å². The first kappa shape index (κ1) is 17.5. The van der Waals surface area contributed by atoms with Crippen molar-refractivity contribution in [1.29, 1.82) is 0 Å². The lowest BCUT2D eigenvalue weighted by Crippen LogP contribution is -2.41. The van der Waals surface area contributed by atoms with Gasteiger partial charge in [0.1, 0.15) is 0 Å². The fourth-order valence-corrected chi connectivity index (χ4v) is 2.07. The average molecular weight is 294 g/mol. The van der Waals surface area contributed by atoms with Crippen molar-refractivity contribution in [2.24, 2.45) is 5.92 Å². The molecule has 21 heavy (non-hydrogen) atoms. The highest BCUT2D eigenvalue weighted by atomic mass is 16.5. The summed E-state index contributed by atoms with van der Waals surface area (Å²) in [6.45, 7) is 7.07. The Bertz CT molecular complexity index is 435. The van der Waals surface area contributed by atoms with Crippen LogP contribution in [0.1, 0.15) is 32.8 Å². The number of rotatable bonds is 8. The molecule has 118 valence electrons. The highest BCUT2D eigenvalue weighted by Crippen LogP contribution is 2.16. The first-order valence-corrected chi connectivity index (χ1v) is 7.40. The van der Waals surface area contributed by atoms with Gasteiger partial charge in [0, 0.05) is 17.9 Å². The van der Waals surface area contributed by atoms with Crippen LogP contribution in [0.25, 0.3) is 0 Å². The van der Waals surface area contributed by atoms with Gasteiger partial charge in [-0.25, -0.2) is 4.79 Å². The molecule has 0 bridgehead atoms. The molecule has 0 saturated carbocycles. The average Bonchev–Trinajstić information content (AvgIpc) is 2.45. The molecule has 1 aromatic rings. The van der Waals surface area contributed by atoms with Gasteiger partial charge >= 0.3 is 6.03 Å². The molecule has 5 nitrogen and oxygen atoms in total. The number of nitrogens with one attached hydrogen (secondary N) is 2. The molecule has 0 aliphatic heterocycles. The van der Waals surface area contributed by atoms with Gasteiger partial charge in [0.2, 0.25) is 0 Å². The highest BCUT2D eigenvalue weighted by molar-refractivity contribution is 5.90. The lowest BCUT2D eigenvalue weighted by Gasteiger charge is -2.19. The normalized spacial score (nSPS) is 12.2. The van der Waals surface area contributed by atoms with Gasteiger partial charge in [-0.1, -0.05) is 32.0 Å². The SMILES string of the molecule is CCOCc1ccccc1NC(=O)NC(CO)CC(C)C. The second-order valence-electron chi connectivity index (χ2n) is 5.40. The number of ether oxygens (including phenoxy) is 1. The Morgan fingerprint density at radius 3 is 2.67 bits per heavy atom. The molecule has 2 amide bonds. The minimum Gasteiger partial charge on any atom is -0.394 e. The van der Waals surface area contributed by atoms with Crippen LogP contribution in [-0.4, -0.2) is 30.4 Å². The van der Waals surface area contributed by atoms with Crippen LogP contribution in [0.3, 0.4) is 0 Å². The number of benzene rings is 1. The Kier molecular flexibility index (Phi) is 7.79. The molecule has 1 unspecified atom stereocenters. The number of carbonyl (C=O) groups excluding carboxylic acids is 1. The van der Waals surface area contributed by atoms with E-state index in [1.165, 1.54) is 0 Å². The summed E-state index contributed by atoms with van der Waals surface area (Å²) >= 11 is 0. The van der Waals surface area contributed by atoms with Crippen molar-refractivity contribution in [3.63, 3.8) is 0 Å². The van der Waals surface area contributed by atoms with Gasteiger partial charge < -0.3 is 20.5 Å². The van der Waals surface area contributed by atoms with E-state index in [0.717, 1.165) is 17.7 Å². The summed E-state index contributed by atoms with van der Waals surface area (Å²) in [6, 6.07) is 6.99. The topological polar surface area (TPSA) is 70.6 Å². The fourth-order valence-electron chi connectivity index (χ4n) is 2.07. The first-order valence-electron chi connectivity index (χ1n) is 7.40. The molecule has 0 fully saturated rings. The van der Waals surface area contributed by atoms with Gasteiger partial charge in [-0.2, -0.15) is 0 Å². The minimum atomic E-state index is -0.307. The van der Waals surface area contributed by atoms with Crippen molar-refractivity contribution in [2.45, 2.75) is 39.8 Å². The van der Waals surface area contributed by atoms with Gasteiger partial charge in [0.25, 0.3) is 0 Å². The van der Waals surface area contributed by atoms with Crippen LogP contribution in [0, 0.1) is 5.92 Å². The number of carbonyl (C=O) groups is 1. The van der Waals surface area contributed by atoms with Crippen LogP contribution >= 0.6 is 0 Å². The third-order valence-electron chi connectivity index (χ3n) is 3.04. The van der Waals surface area contributed by atoms with E-state index in [0.29, 0.717) is 19.1 Å². The predicted octanol–water partition coefficient (Wildman–Crippen LogP) is 2.75. The molecule has 1 aromatic carbocycles. The van der Waals surface area contributed by atoms with Crippen LogP contribution < -0.4 is 10.6 Å². The molecular formula is C16H26N2O3. The van der Waals surface area contributed by atoms with Crippen molar-refractivity contribution < 1.29 is 14.6 Å². The molecule has 0 spiro atoms. The van der Waals surface area contributed by atoms with E-state index in [-0.39, 0.29) is 18.7 Å². The Hall–Kier alpha value is -1.59. The van der Waals surface area contributed by atoms with Crippen molar-refractivity contribution in [1.82, 2.24) is 5.32 Å². The molecule has 0 heterocycles. The summed E-state index contributed by atoms with van der Waals surface area (Å²) in [6.07, 6.45) is 0.741. The maximum absolute atomic E-state index is 12.0. The van der Waals surface area contributed by atoms with Gasteiger partial charge in [-0.3, -0.25) is 0 Å². The van der Waals surface area contributed by atoms with Crippen LogP contribution in [0.15, 0.2) is 24.3 Å². The Labute approximate surface area is 126 Å². The summed E-state index contributed by atoms with van der Waals surface area (Å²) in [5.41, 5.74) is 1.66. The standard InChI is InChI=1S/C16H26N2O3/c1-4-21-11-13-7-5-6-8-15(13)18-16(20)17-14(10-19)9-12(2)3/h5-8,12,14,19H,4,9-11H2,1-3H3,(H2,17,18,20). The minimum absolute atomic E-state index is 0.0633. The lowest BCUT2D eigenvalue weighted by atomic mass is 10.0. The Morgan fingerprint density at radius 1 is 1.33 bits per heavy atom. The second-order valence-corrected chi connectivity index (χ2v) is 5.40. The number of aliphatic hydroxyl groups excluding tert-OH is 1. The van der Waals surface area contributed by atoms with Gasteiger partial charge in [-0.15, -0.1) is 0 Å². The van der Waals surface area contributed by atoms with Crippen LogP contribution in [0.2, 0.25) is 0 Å². The summed E-state index contributed by atoms with van der Waals surface area (Å²) in [5, 5.41) is 14.9. The first-order chi connectivity index (χ1) is 10.1. The number of amides is 2. The Morgan fingerprint density at radius 2 is 2.05 bits per heavy atom. The molecule has 1 atom stereocenters. The molecule has 0 aliphatic rings. The number of hydrogen-bond acceptors (Lipinski definition) is 3. The number of hydrogen-bond donors (Lipinski definition) is 3. The van der Waals surface area contributed by atoms with E-state index in [4.69, 9.17) is 4.74 Å². The number of urea groups is 1. The van der Waals surface area contributed by atoms with Gasteiger partial charge in [0.15, 0.2) is 0 Å². The number of aliphatic hydroxyl groups is 1. The molecule has 0 radical (unpaired) electrons. The zero-order valence-electron chi connectivity index (χ0n) is 13.1. The van der Waals surface area contributed by atoms with Crippen LogP contribution in [0.4, 0.5) is 10.5 Å². The van der Waals surface area contributed by atoms with Crippen molar-refractivity contribution in [3.8, 4) is 0 Å². The van der Waals surface area contributed by atoms with Gasteiger partial charge in [-0.05, 0) is 25.3 Å². The summed E-state index contributed by atoms with van der Waals surface area (Å²) in [4.78, 5) is 12.0. The zero-order chi connectivity index (χ0) is 15.7. The summed E-state index contributed by atoms with van der Waals surface area (Å²) in [7, 11) is 0. The smallest absolute Gasteiger partial charge is 0.319 e. The van der Waals surface area contributed by atoms with E-state index in [1.54, 1.807) is 0 Å².